The van der Waals surface area contributed by atoms with Crippen LogP contribution >= 0.6 is 28.1 Å². The minimum atomic E-state index is -0.929. The van der Waals surface area contributed by atoms with Gasteiger partial charge in [0.05, 0.1) is 5.56 Å². The molecule has 0 atom stereocenters. The summed E-state index contributed by atoms with van der Waals surface area (Å²) in [5, 5.41) is 13.2. The molecule has 0 unspecified atom stereocenters. The predicted octanol–water partition coefficient (Wildman–Crippen LogP) is 6.11. The van der Waals surface area contributed by atoms with Crippen LogP contribution in [0.15, 0.2) is 77.3 Å². The Morgan fingerprint density at radius 3 is 2.10 bits per heavy atom. The molecule has 0 saturated heterocycles. The molecule has 30 heavy (non-hydrogen) atoms. The second-order valence-electron chi connectivity index (χ2n) is 6.93. The van der Waals surface area contributed by atoms with Crippen LogP contribution in [0.3, 0.4) is 0 Å². The number of anilines is 1. The van der Waals surface area contributed by atoms with Crippen LogP contribution in [0.5, 0.6) is 0 Å². The number of halogens is 1. The van der Waals surface area contributed by atoms with Gasteiger partial charge in [0.2, 0.25) is 0 Å². The summed E-state index contributed by atoms with van der Waals surface area (Å²) in [4.78, 5) is 13.2. The third-order valence-electron chi connectivity index (χ3n) is 4.79. The van der Waals surface area contributed by atoms with E-state index >= 15 is 0 Å². The number of carboxylic acid groups (broad SMARTS) is 1. The van der Waals surface area contributed by atoms with Crippen LogP contribution in [-0.4, -0.2) is 21.1 Å². The minimum absolute atomic E-state index is 0.274. The van der Waals surface area contributed by atoms with Crippen molar-refractivity contribution in [1.82, 2.24) is 4.90 Å². The van der Waals surface area contributed by atoms with E-state index in [9.17, 15) is 4.79 Å². The largest absolute Gasteiger partial charge is 0.478 e. The summed E-state index contributed by atoms with van der Waals surface area (Å²) >= 11 is 9.24. The van der Waals surface area contributed by atoms with E-state index in [1.54, 1.807) is 12.1 Å². The Morgan fingerprint density at radius 1 is 0.967 bits per heavy atom. The van der Waals surface area contributed by atoms with Crippen molar-refractivity contribution in [3.63, 3.8) is 0 Å². The molecule has 154 valence electrons. The molecule has 3 aromatic carbocycles. The standard InChI is InChI=1S/C24H23BrN2O2S/c1-2-19-5-3-4-6-22(19)26-24(30)27(16-18-9-13-21(25)14-10-18)15-17-7-11-20(12-8-17)23(28)29/h3-14H,2,15-16H2,1H3,(H,26,30)(H,28,29). The topological polar surface area (TPSA) is 52.6 Å². The smallest absolute Gasteiger partial charge is 0.335 e. The van der Waals surface area contributed by atoms with Gasteiger partial charge in [-0.1, -0.05) is 65.3 Å². The number of aromatic carboxylic acids is 1. The molecule has 0 fully saturated rings. The third kappa shape index (κ3) is 5.90. The highest BCUT2D eigenvalue weighted by atomic mass is 79.9. The molecule has 0 amide bonds. The predicted molar refractivity (Wildman–Crippen MR) is 129 cm³/mol. The lowest BCUT2D eigenvalue weighted by Crippen LogP contribution is -2.34. The molecular formula is C24H23BrN2O2S. The number of para-hydroxylation sites is 1. The number of nitrogens with zero attached hydrogens (tertiary/aromatic N) is 1. The first-order valence-electron chi connectivity index (χ1n) is 9.66. The fourth-order valence-corrected chi connectivity index (χ4v) is 3.63. The number of nitrogens with one attached hydrogen (secondary N) is 1. The van der Waals surface area contributed by atoms with Gasteiger partial charge < -0.3 is 15.3 Å². The molecule has 0 heterocycles. The molecule has 0 aliphatic rings. The average molecular weight is 483 g/mol. The zero-order chi connectivity index (χ0) is 21.5. The van der Waals surface area contributed by atoms with Crippen LogP contribution in [0.25, 0.3) is 0 Å². The molecule has 0 bridgehead atoms. The van der Waals surface area contributed by atoms with E-state index in [2.05, 4.69) is 51.3 Å². The van der Waals surface area contributed by atoms with Gasteiger partial charge in [0.1, 0.15) is 0 Å². The summed E-state index contributed by atoms with van der Waals surface area (Å²) < 4.78 is 1.03. The van der Waals surface area contributed by atoms with E-state index in [0.29, 0.717) is 18.2 Å². The third-order valence-corrected chi connectivity index (χ3v) is 5.68. The highest BCUT2D eigenvalue weighted by Crippen LogP contribution is 2.19. The van der Waals surface area contributed by atoms with Crippen LogP contribution in [-0.2, 0) is 19.5 Å². The van der Waals surface area contributed by atoms with Crippen LogP contribution in [0.2, 0.25) is 0 Å². The van der Waals surface area contributed by atoms with Crippen molar-refractivity contribution in [2.24, 2.45) is 0 Å². The van der Waals surface area contributed by atoms with Gasteiger partial charge in [-0.15, -0.1) is 0 Å². The van der Waals surface area contributed by atoms with E-state index in [0.717, 1.165) is 27.7 Å². The van der Waals surface area contributed by atoms with Crippen LogP contribution in [0.1, 0.15) is 34.0 Å². The van der Waals surface area contributed by atoms with Gasteiger partial charge in [0.15, 0.2) is 5.11 Å². The van der Waals surface area contributed by atoms with Crippen molar-refractivity contribution >= 4 is 44.9 Å². The SMILES string of the molecule is CCc1ccccc1NC(=S)N(Cc1ccc(Br)cc1)Cc1ccc(C(=O)O)cc1. The number of thiocarbonyl (C=S) groups is 1. The van der Waals surface area contributed by atoms with Gasteiger partial charge >= 0.3 is 5.97 Å². The number of rotatable bonds is 7. The molecule has 3 rings (SSSR count). The summed E-state index contributed by atoms with van der Waals surface area (Å²) in [6.45, 7) is 3.32. The van der Waals surface area contributed by atoms with Crippen molar-refractivity contribution in [3.05, 3.63) is 99.5 Å². The van der Waals surface area contributed by atoms with Gasteiger partial charge in [-0.3, -0.25) is 0 Å². The lowest BCUT2D eigenvalue weighted by molar-refractivity contribution is 0.0697. The highest BCUT2D eigenvalue weighted by molar-refractivity contribution is 9.10. The Hall–Kier alpha value is -2.70. The first-order chi connectivity index (χ1) is 14.5. The molecule has 0 aliphatic carbocycles. The zero-order valence-electron chi connectivity index (χ0n) is 16.6. The van der Waals surface area contributed by atoms with Gasteiger partial charge in [-0.05, 0) is 65.7 Å². The van der Waals surface area contributed by atoms with E-state index in [-0.39, 0.29) is 5.56 Å². The summed E-state index contributed by atoms with van der Waals surface area (Å²) in [5.41, 5.74) is 4.61. The molecule has 4 nitrogen and oxygen atoms in total. The van der Waals surface area contributed by atoms with E-state index in [4.69, 9.17) is 17.3 Å². The Labute approximate surface area is 190 Å². The molecule has 0 saturated carbocycles. The number of hydrogen-bond donors (Lipinski definition) is 2. The molecule has 0 aliphatic heterocycles. The number of carboxylic acids is 1. The van der Waals surface area contributed by atoms with Crippen molar-refractivity contribution in [2.75, 3.05) is 5.32 Å². The van der Waals surface area contributed by atoms with E-state index < -0.39 is 5.97 Å². The lowest BCUT2D eigenvalue weighted by Gasteiger charge is -2.27. The summed E-state index contributed by atoms with van der Waals surface area (Å²) in [5.74, 6) is -0.929. The molecule has 6 heteroatoms. The summed E-state index contributed by atoms with van der Waals surface area (Å²) in [7, 11) is 0. The van der Waals surface area contributed by atoms with Crippen LogP contribution in [0.4, 0.5) is 5.69 Å². The quantitative estimate of drug-likeness (QED) is 0.397. The van der Waals surface area contributed by atoms with Crippen molar-refractivity contribution in [1.29, 1.82) is 0 Å². The lowest BCUT2D eigenvalue weighted by atomic mass is 10.1. The molecule has 2 N–H and O–H groups in total. The molecule has 3 aromatic rings. The first-order valence-corrected chi connectivity index (χ1v) is 10.9. The molecular weight excluding hydrogens is 460 g/mol. The Bertz CT molecular complexity index is 1020. The van der Waals surface area contributed by atoms with E-state index in [1.807, 2.05) is 42.5 Å². The Morgan fingerprint density at radius 2 is 1.53 bits per heavy atom. The number of benzene rings is 3. The number of hydrogen-bond acceptors (Lipinski definition) is 2. The molecule has 0 spiro atoms. The van der Waals surface area contributed by atoms with Crippen molar-refractivity contribution in [2.45, 2.75) is 26.4 Å². The van der Waals surface area contributed by atoms with E-state index in [1.165, 1.54) is 5.56 Å². The van der Waals surface area contributed by atoms with Crippen LogP contribution < -0.4 is 5.32 Å². The minimum Gasteiger partial charge on any atom is -0.478 e. The maximum Gasteiger partial charge on any atom is 0.335 e. The monoisotopic (exact) mass is 482 g/mol. The maximum atomic E-state index is 11.1. The fourth-order valence-electron chi connectivity index (χ4n) is 3.13. The zero-order valence-corrected chi connectivity index (χ0v) is 19.0. The molecule has 0 radical (unpaired) electrons. The van der Waals surface area contributed by atoms with Crippen molar-refractivity contribution in [3.8, 4) is 0 Å². The Kier molecular flexibility index (Phi) is 7.60. The second kappa shape index (κ2) is 10.4. The van der Waals surface area contributed by atoms with Gasteiger partial charge in [0.25, 0.3) is 0 Å². The summed E-state index contributed by atoms with van der Waals surface area (Å²) in [6, 6.07) is 23.2. The van der Waals surface area contributed by atoms with Gasteiger partial charge in [0, 0.05) is 23.2 Å². The summed E-state index contributed by atoms with van der Waals surface area (Å²) in [6.07, 6.45) is 0.912. The number of aryl methyl sites for hydroxylation is 1. The normalized spacial score (nSPS) is 10.5. The maximum absolute atomic E-state index is 11.1. The fraction of sp³-hybridized carbons (Fsp3) is 0.167. The van der Waals surface area contributed by atoms with Gasteiger partial charge in [-0.25, -0.2) is 4.79 Å². The van der Waals surface area contributed by atoms with Gasteiger partial charge in [-0.2, -0.15) is 0 Å². The highest BCUT2D eigenvalue weighted by Gasteiger charge is 2.14. The molecule has 0 aromatic heterocycles. The average Bonchev–Trinajstić information content (AvgIpc) is 2.75. The number of carbonyl (C=O) groups is 1. The Balaban J connectivity index is 1.83. The van der Waals surface area contributed by atoms with Crippen molar-refractivity contribution < 1.29 is 9.90 Å². The second-order valence-corrected chi connectivity index (χ2v) is 8.23. The first kappa shape index (κ1) is 22.0. The van der Waals surface area contributed by atoms with Crippen LogP contribution in [0, 0.1) is 0 Å².